The lowest BCUT2D eigenvalue weighted by Crippen LogP contribution is -2.51. The Morgan fingerprint density at radius 2 is 1.46 bits per heavy atom. The Kier molecular flexibility index (Phi) is 5.64. The normalized spacial score (nSPS) is 39.9. The number of allylic oxidation sites excluding steroid dienone is 14. The van der Waals surface area contributed by atoms with Crippen LogP contribution in [-0.2, 0) is 0 Å². The molecule has 4 nitrogen and oxygen atoms in total. The van der Waals surface area contributed by atoms with Gasteiger partial charge >= 0.3 is 0 Å². The molecule has 4 heteroatoms. The predicted molar refractivity (Wildman–Crippen MR) is 166 cm³/mol. The molecule has 3 aliphatic heterocycles. The Balaban J connectivity index is 1.01. The molecule has 6 aliphatic carbocycles. The first-order valence-corrected chi connectivity index (χ1v) is 15.7. The highest BCUT2D eigenvalue weighted by Gasteiger charge is 2.55. The van der Waals surface area contributed by atoms with Crippen molar-refractivity contribution in [1.29, 1.82) is 0 Å². The van der Waals surface area contributed by atoms with Crippen LogP contribution in [0.3, 0.4) is 0 Å². The number of hydrogen-bond acceptors (Lipinski definition) is 4. The van der Waals surface area contributed by atoms with Crippen molar-refractivity contribution in [3.8, 4) is 0 Å². The molecule has 2 fully saturated rings. The second-order valence-electron chi connectivity index (χ2n) is 12.6. The van der Waals surface area contributed by atoms with E-state index in [1.807, 2.05) is 0 Å². The minimum Gasteiger partial charge on any atom is -0.337 e. The molecular weight excluding hydrogens is 500 g/mol. The highest BCUT2D eigenvalue weighted by atomic mass is 15.6. The van der Waals surface area contributed by atoms with Gasteiger partial charge in [-0.05, 0) is 61.0 Å². The topological polar surface area (TPSA) is 21.8 Å². The zero-order valence-electron chi connectivity index (χ0n) is 23.5. The van der Waals surface area contributed by atoms with Crippen LogP contribution in [-0.4, -0.2) is 57.2 Å². The minimum absolute atomic E-state index is 0.233. The number of nitrogens with zero attached hydrogens (tertiary/aromatic N) is 3. The summed E-state index contributed by atoms with van der Waals surface area (Å²) in [5.74, 6) is 0.454. The number of nitrogens with one attached hydrogen (secondary N) is 1. The van der Waals surface area contributed by atoms with Crippen molar-refractivity contribution >= 4 is 0 Å². The van der Waals surface area contributed by atoms with Gasteiger partial charge in [0.15, 0.2) is 0 Å². The van der Waals surface area contributed by atoms with Crippen molar-refractivity contribution in [1.82, 2.24) is 20.0 Å². The van der Waals surface area contributed by atoms with E-state index in [0.717, 1.165) is 25.7 Å². The van der Waals surface area contributed by atoms with Crippen LogP contribution in [0, 0.1) is 5.92 Å². The Bertz CT molecular complexity index is 1520. The molecule has 0 bridgehead atoms. The van der Waals surface area contributed by atoms with Gasteiger partial charge < -0.3 is 4.90 Å². The number of fused-ring (bicyclic) bond motifs is 7. The van der Waals surface area contributed by atoms with Crippen molar-refractivity contribution in [2.24, 2.45) is 5.92 Å². The van der Waals surface area contributed by atoms with Crippen molar-refractivity contribution in [3.63, 3.8) is 0 Å². The van der Waals surface area contributed by atoms with Gasteiger partial charge in [-0.3, -0.25) is 15.1 Å². The maximum Gasteiger partial charge on any atom is 0.119 e. The summed E-state index contributed by atoms with van der Waals surface area (Å²) >= 11 is 0. The van der Waals surface area contributed by atoms with E-state index in [1.54, 1.807) is 5.57 Å². The average Bonchev–Trinajstić information content (AvgIpc) is 3.68. The highest BCUT2D eigenvalue weighted by molar-refractivity contribution is 5.56. The summed E-state index contributed by atoms with van der Waals surface area (Å²) in [4.78, 5) is 8.07. The largest absolute Gasteiger partial charge is 0.337 e. The molecule has 0 aromatic carbocycles. The molecule has 206 valence electrons. The monoisotopic (exact) mass is 538 g/mol. The quantitative estimate of drug-likeness (QED) is 0.468. The van der Waals surface area contributed by atoms with Crippen LogP contribution in [0.4, 0.5) is 0 Å². The van der Waals surface area contributed by atoms with Crippen molar-refractivity contribution in [2.45, 2.75) is 74.6 Å². The molecule has 0 amide bonds. The molecule has 3 heterocycles. The van der Waals surface area contributed by atoms with Crippen molar-refractivity contribution in [3.05, 3.63) is 144 Å². The molecule has 8 atom stereocenters. The maximum absolute atomic E-state index is 4.08. The minimum atomic E-state index is 0.233. The molecule has 9 aliphatic rings. The summed E-state index contributed by atoms with van der Waals surface area (Å²) < 4.78 is 0. The lowest BCUT2D eigenvalue weighted by molar-refractivity contribution is 0.107. The second kappa shape index (κ2) is 9.55. The zero-order valence-corrected chi connectivity index (χ0v) is 23.5. The molecule has 1 N–H and O–H groups in total. The maximum atomic E-state index is 4.08. The third kappa shape index (κ3) is 3.71. The molecule has 0 aromatic rings. The summed E-state index contributed by atoms with van der Waals surface area (Å²) in [7, 11) is 0. The highest BCUT2D eigenvalue weighted by Crippen LogP contribution is 2.47. The zero-order chi connectivity index (χ0) is 26.9. The van der Waals surface area contributed by atoms with E-state index in [-0.39, 0.29) is 6.29 Å². The molecule has 0 radical (unpaired) electrons. The van der Waals surface area contributed by atoms with E-state index in [9.17, 15) is 0 Å². The lowest BCUT2D eigenvalue weighted by atomic mass is 9.82. The van der Waals surface area contributed by atoms with Crippen LogP contribution in [0.2, 0.25) is 0 Å². The van der Waals surface area contributed by atoms with Gasteiger partial charge in [0.2, 0.25) is 0 Å². The lowest BCUT2D eigenvalue weighted by Gasteiger charge is -2.35. The molecule has 0 spiro atoms. The summed E-state index contributed by atoms with van der Waals surface area (Å²) in [6.45, 7) is 0. The Hall–Kier alpha value is -3.44. The first-order valence-electron chi connectivity index (χ1n) is 15.7. The Morgan fingerprint density at radius 3 is 2.29 bits per heavy atom. The standard InChI is InChI=1S/C37H38N4/c1-3-11-27(12-4-1)39-32-16-8-7-15-29(32)30-23-25(19-21-33(30)39)26-20-22-34-31(24-26)38-37-40(28-13-5-2-6-14-28)35-17-9-10-18-36(35)41(34)37/h1-3,5-6,8-11,13,16-24,28,30-31,33-38H,4,7,12,14-15H2. The van der Waals surface area contributed by atoms with Crippen LogP contribution in [0.5, 0.6) is 0 Å². The summed E-state index contributed by atoms with van der Waals surface area (Å²) in [5.41, 5.74) is 7.29. The average molecular weight is 539 g/mol. The van der Waals surface area contributed by atoms with Gasteiger partial charge in [0.05, 0.1) is 24.2 Å². The SMILES string of the molecule is C1=CCCC(N2C3=C(CCC=C3)C3C=C(C4=CC5NC6N(C7C=CC=CC7)C7C=CC=CC7N6C5C=C4)C=CC32)=C1. The van der Waals surface area contributed by atoms with Gasteiger partial charge in [0.25, 0.3) is 0 Å². The van der Waals surface area contributed by atoms with Gasteiger partial charge in [-0.2, -0.15) is 0 Å². The van der Waals surface area contributed by atoms with E-state index in [2.05, 4.69) is 135 Å². The fourth-order valence-corrected chi connectivity index (χ4v) is 8.76. The van der Waals surface area contributed by atoms with Gasteiger partial charge in [0.1, 0.15) is 6.29 Å². The van der Waals surface area contributed by atoms with E-state index in [1.165, 1.54) is 29.0 Å². The number of rotatable bonds is 3. The Morgan fingerprint density at radius 1 is 0.659 bits per heavy atom. The van der Waals surface area contributed by atoms with Gasteiger partial charge in [-0.15, -0.1) is 0 Å². The van der Waals surface area contributed by atoms with Crippen LogP contribution in [0.25, 0.3) is 0 Å². The second-order valence-corrected chi connectivity index (χ2v) is 12.6. The molecule has 2 saturated heterocycles. The molecule has 0 aromatic heterocycles. The first-order chi connectivity index (χ1) is 20.3. The van der Waals surface area contributed by atoms with E-state index < -0.39 is 0 Å². The fourth-order valence-electron chi connectivity index (χ4n) is 8.76. The Labute approximate surface area is 243 Å². The first kappa shape index (κ1) is 24.2. The van der Waals surface area contributed by atoms with E-state index >= 15 is 0 Å². The van der Waals surface area contributed by atoms with Gasteiger partial charge in [-0.25, -0.2) is 0 Å². The molecule has 8 unspecified atom stereocenters. The van der Waals surface area contributed by atoms with Crippen LogP contribution in [0.1, 0.15) is 32.1 Å². The third-order valence-electron chi connectivity index (χ3n) is 10.5. The summed E-state index contributed by atoms with van der Waals surface area (Å²) in [5, 5.41) is 4.08. The van der Waals surface area contributed by atoms with Crippen LogP contribution < -0.4 is 5.32 Å². The molecule has 41 heavy (non-hydrogen) atoms. The van der Waals surface area contributed by atoms with Crippen LogP contribution >= 0.6 is 0 Å². The van der Waals surface area contributed by atoms with E-state index in [4.69, 9.17) is 0 Å². The molecule has 9 rings (SSSR count). The van der Waals surface area contributed by atoms with Crippen LogP contribution in [0.15, 0.2) is 144 Å². The molecule has 0 saturated carbocycles. The van der Waals surface area contributed by atoms with Crippen molar-refractivity contribution in [2.75, 3.05) is 0 Å². The smallest absolute Gasteiger partial charge is 0.119 e. The summed E-state index contributed by atoms with van der Waals surface area (Å²) in [6.07, 6.45) is 50.8. The van der Waals surface area contributed by atoms with E-state index in [0.29, 0.717) is 42.2 Å². The fraction of sp³-hybridized carbons (Fsp3) is 0.351. The third-order valence-corrected chi connectivity index (χ3v) is 10.5. The molecular formula is C37H38N4. The van der Waals surface area contributed by atoms with Gasteiger partial charge in [-0.1, -0.05) is 103 Å². The number of hydrogen-bond donors (Lipinski definition) is 1. The summed E-state index contributed by atoms with van der Waals surface area (Å²) in [6, 6.07) is 2.31. The van der Waals surface area contributed by atoms with Crippen molar-refractivity contribution < 1.29 is 0 Å². The predicted octanol–water partition coefficient (Wildman–Crippen LogP) is 6.11. The van der Waals surface area contributed by atoms with Gasteiger partial charge in [0, 0.05) is 29.4 Å².